The van der Waals surface area contributed by atoms with Crippen LogP contribution < -0.4 is 0 Å². The fourth-order valence-corrected chi connectivity index (χ4v) is 3.83. The Hall–Kier alpha value is -1.43. The fourth-order valence-electron chi connectivity index (χ4n) is 3.83. The van der Waals surface area contributed by atoms with Crippen LogP contribution in [0.25, 0.3) is 0 Å². The lowest BCUT2D eigenvalue weighted by atomic mass is 9.81. The predicted octanol–water partition coefficient (Wildman–Crippen LogP) is 0.795. The number of amides is 2. The van der Waals surface area contributed by atoms with Crippen molar-refractivity contribution in [2.24, 2.45) is 11.8 Å². The van der Waals surface area contributed by atoms with Gasteiger partial charge in [0.05, 0.1) is 11.8 Å². The molecule has 2 heterocycles. The van der Waals surface area contributed by atoms with Crippen LogP contribution in [0.5, 0.6) is 0 Å². The van der Waals surface area contributed by atoms with Crippen molar-refractivity contribution in [1.82, 2.24) is 4.90 Å². The molecule has 0 spiro atoms. The fraction of sp³-hybridized carbons (Fsp3) is 0.786. The van der Waals surface area contributed by atoms with Crippen molar-refractivity contribution in [1.29, 1.82) is 0 Å². The molecule has 0 aromatic rings. The summed E-state index contributed by atoms with van der Waals surface area (Å²) >= 11 is 0. The standard InChI is InChI=1S/C14H19NO5/c16-11-9-3-1-2-4-10(9)12(17)15(11)14(13(18)19)5-7-20-8-6-14/h9-10H,1-8H2,(H,18,19). The number of hydrogen-bond acceptors (Lipinski definition) is 4. The highest BCUT2D eigenvalue weighted by atomic mass is 16.5. The van der Waals surface area contributed by atoms with E-state index in [0.717, 1.165) is 17.7 Å². The van der Waals surface area contributed by atoms with Gasteiger partial charge < -0.3 is 9.84 Å². The van der Waals surface area contributed by atoms with Crippen molar-refractivity contribution in [3.8, 4) is 0 Å². The van der Waals surface area contributed by atoms with E-state index in [-0.39, 0.29) is 49.7 Å². The number of likely N-dealkylation sites (tertiary alicyclic amines) is 1. The van der Waals surface area contributed by atoms with E-state index >= 15 is 0 Å². The van der Waals surface area contributed by atoms with E-state index in [2.05, 4.69) is 0 Å². The minimum atomic E-state index is -1.39. The Bertz CT molecular complexity index is 430. The largest absolute Gasteiger partial charge is 0.479 e. The molecule has 2 atom stereocenters. The number of carboxylic acids is 1. The molecule has 2 amide bonds. The van der Waals surface area contributed by atoms with Crippen molar-refractivity contribution in [3.05, 3.63) is 0 Å². The zero-order chi connectivity index (χ0) is 14.3. The Labute approximate surface area is 117 Å². The third-order valence-corrected chi connectivity index (χ3v) is 4.99. The Morgan fingerprint density at radius 3 is 2.05 bits per heavy atom. The van der Waals surface area contributed by atoms with E-state index in [0.29, 0.717) is 12.8 Å². The Balaban J connectivity index is 1.96. The SMILES string of the molecule is O=C1C2CCCCC2C(=O)N1C1(C(=O)O)CCOCC1. The highest BCUT2D eigenvalue weighted by Gasteiger charge is 2.59. The lowest BCUT2D eigenvalue weighted by Crippen LogP contribution is -2.60. The van der Waals surface area contributed by atoms with Gasteiger partial charge >= 0.3 is 5.97 Å². The summed E-state index contributed by atoms with van der Waals surface area (Å²) in [7, 11) is 0. The van der Waals surface area contributed by atoms with E-state index in [1.807, 2.05) is 0 Å². The van der Waals surface area contributed by atoms with E-state index in [1.165, 1.54) is 0 Å². The van der Waals surface area contributed by atoms with Gasteiger partial charge in [-0.3, -0.25) is 14.5 Å². The van der Waals surface area contributed by atoms with Gasteiger partial charge in [0, 0.05) is 26.1 Å². The summed E-state index contributed by atoms with van der Waals surface area (Å²) in [6, 6.07) is 0. The Kier molecular flexibility index (Phi) is 3.28. The van der Waals surface area contributed by atoms with Gasteiger partial charge in [-0.15, -0.1) is 0 Å². The topological polar surface area (TPSA) is 83.9 Å². The van der Waals surface area contributed by atoms with Crippen LogP contribution >= 0.6 is 0 Å². The lowest BCUT2D eigenvalue weighted by Gasteiger charge is -2.39. The molecule has 3 rings (SSSR count). The molecule has 6 nitrogen and oxygen atoms in total. The first-order valence-corrected chi connectivity index (χ1v) is 7.27. The first-order chi connectivity index (χ1) is 9.58. The monoisotopic (exact) mass is 281 g/mol. The quantitative estimate of drug-likeness (QED) is 0.757. The molecule has 2 saturated heterocycles. The molecule has 1 N–H and O–H groups in total. The summed E-state index contributed by atoms with van der Waals surface area (Å²) < 4.78 is 5.21. The van der Waals surface area contributed by atoms with E-state index in [4.69, 9.17) is 4.74 Å². The van der Waals surface area contributed by atoms with Crippen LogP contribution in [-0.4, -0.2) is 46.5 Å². The van der Waals surface area contributed by atoms with Crippen LogP contribution in [0.2, 0.25) is 0 Å². The molecule has 2 aliphatic heterocycles. The van der Waals surface area contributed by atoms with Crippen molar-refractivity contribution in [2.45, 2.75) is 44.1 Å². The van der Waals surface area contributed by atoms with Gasteiger partial charge in [-0.05, 0) is 12.8 Å². The number of nitrogens with zero attached hydrogens (tertiary/aromatic N) is 1. The minimum absolute atomic E-state index is 0.194. The van der Waals surface area contributed by atoms with Crippen molar-refractivity contribution in [2.75, 3.05) is 13.2 Å². The minimum Gasteiger partial charge on any atom is -0.479 e. The molecule has 6 heteroatoms. The first kappa shape index (κ1) is 13.5. The summed E-state index contributed by atoms with van der Waals surface area (Å²) in [5.74, 6) is -2.22. The summed E-state index contributed by atoms with van der Waals surface area (Å²) in [6.07, 6.45) is 3.68. The Morgan fingerprint density at radius 1 is 1.10 bits per heavy atom. The second-order valence-electron chi connectivity index (χ2n) is 5.96. The molecular formula is C14H19NO5. The van der Waals surface area contributed by atoms with Gasteiger partial charge in [0.2, 0.25) is 11.8 Å². The summed E-state index contributed by atoms with van der Waals surface area (Å²) in [6.45, 7) is 0.553. The van der Waals surface area contributed by atoms with Crippen LogP contribution in [0.4, 0.5) is 0 Å². The van der Waals surface area contributed by atoms with E-state index in [1.54, 1.807) is 0 Å². The number of carbonyl (C=O) groups excluding carboxylic acids is 2. The number of hydrogen-bond donors (Lipinski definition) is 1. The number of carboxylic acid groups (broad SMARTS) is 1. The number of rotatable bonds is 2. The van der Waals surface area contributed by atoms with E-state index in [9.17, 15) is 19.5 Å². The van der Waals surface area contributed by atoms with Gasteiger partial charge in [-0.25, -0.2) is 4.79 Å². The number of imide groups is 1. The number of aliphatic carboxylic acids is 1. The molecule has 0 bridgehead atoms. The van der Waals surface area contributed by atoms with Gasteiger partial charge in [0.25, 0.3) is 0 Å². The maximum Gasteiger partial charge on any atom is 0.330 e. The second kappa shape index (κ2) is 4.84. The van der Waals surface area contributed by atoms with Crippen LogP contribution in [-0.2, 0) is 19.1 Å². The molecule has 1 aliphatic carbocycles. The van der Waals surface area contributed by atoms with Crippen molar-refractivity contribution in [3.63, 3.8) is 0 Å². The molecule has 0 aromatic carbocycles. The maximum atomic E-state index is 12.6. The van der Waals surface area contributed by atoms with E-state index < -0.39 is 11.5 Å². The van der Waals surface area contributed by atoms with Crippen LogP contribution in [0.3, 0.4) is 0 Å². The average Bonchev–Trinajstić information content (AvgIpc) is 2.72. The number of carbonyl (C=O) groups is 3. The summed E-state index contributed by atoms with van der Waals surface area (Å²) in [5.41, 5.74) is -1.39. The third kappa shape index (κ3) is 1.78. The second-order valence-corrected chi connectivity index (χ2v) is 5.96. The summed E-state index contributed by atoms with van der Waals surface area (Å²) in [4.78, 5) is 38.0. The molecule has 2 unspecified atom stereocenters. The van der Waals surface area contributed by atoms with Gasteiger partial charge in [-0.1, -0.05) is 12.8 Å². The highest BCUT2D eigenvalue weighted by molar-refractivity contribution is 6.09. The third-order valence-electron chi connectivity index (χ3n) is 4.99. The molecule has 20 heavy (non-hydrogen) atoms. The van der Waals surface area contributed by atoms with Gasteiger partial charge in [0.1, 0.15) is 0 Å². The molecule has 3 aliphatic rings. The smallest absolute Gasteiger partial charge is 0.330 e. The predicted molar refractivity (Wildman–Crippen MR) is 67.7 cm³/mol. The molecule has 1 saturated carbocycles. The molecule has 0 radical (unpaired) electrons. The maximum absolute atomic E-state index is 12.6. The van der Waals surface area contributed by atoms with Gasteiger partial charge in [-0.2, -0.15) is 0 Å². The molecule has 3 fully saturated rings. The van der Waals surface area contributed by atoms with Gasteiger partial charge in [0.15, 0.2) is 5.54 Å². The van der Waals surface area contributed by atoms with Crippen LogP contribution in [0, 0.1) is 11.8 Å². The molecule has 0 aromatic heterocycles. The zero-order valence-electron chi connectivity index (χ0n) is 11.3. The summed E-state index contributed by atoms with van der Waals surface area (Å²) in [5, 5.41) is 9.62. The number of fused-ring (bicyclic) bond motifs is 1. The van der Waals surface area contributed by atoms with Crippen molar-refractivity contribution >= 4 is 17.8 Å². The average molecular weight is 281 g/mol. The highest BCUT2D eigenvalue weighted by Crippen LogP contribution is 2.43. The Morgan fingerprint density at radius 2 is 1.60 bits per heavy atom. The van der Waals surface area contributed by atoms with Crippen LogP contribution in [0.15, 0.2) is 0 Å². The first-order valence-electron chi connectivity index (χ1n) is 7.27. The normalized spacial score (nSPS) is 33.1. The zero-order valence-corrected chi connectivity index (χ0v) is 11.3. The number of ether oxygens (including phenoxy) is 1. The lowest BCUT2D eigenvalue weighted by molar-refractivity contribution is -0.170. The molecular weight excluding hydrogens is 262 g/mol. The van der Waals surface area contributed by atoms with Crippen LogP contribution in [0.1, 0.15) is 38.5 Å². The van der Waals surface area contributed by atoms with Crippen molar-refractivity contribution < 1.29 is 24.2 Å². The molecule has 110 valence electrons.